The summed E-state index contributed by atoms with van der Waals surface area (Å²) in [6, 6.07) is 16.4. The molecule has 0 bridgehead atoms. The first kappa shape index (κ1) is 20.9. The summed E-state index contributed by atoms with van der Waals surface area (Å²) in [5.41, 5.74) is 4.43. The molecule has 0 aliphatic heterocycles. The van der Waals surface area contributed by atoms with Crippen LogP contribution in [0.25, 0.3) is 0 Å². The maximum Gasteiger partial charge on any atom is 0.261 e. The zero-order valence-electron chi connectivity index (χ0n) is 16.3. The van der Waals surface area contributed by atoms with Gasteiger partial charge in [-0.05, 0) is 92.1 Å². The van der Waals surface area contributed by atoms with Crippen LogP contribution in [0.2, 0.25) is 5.02 Å². The van der Waals surface area contributed by atoms with Gasteiger partial charge in [-0.3, -0.25) is 9.52 Å². The first-order valence-corrected chi connectivity index (χ1v) is 10.8. The molecule has 1 amide bonds. The molecule has 7 heteroatoms. The summed E-state index contributed by atoms with van der Waals surface area (Å²) < 4.78 is 27.7. The highest BCUT2D eigenvalue weighted by molar-refractivity contribution is 7.92. The molecule has 0 fully saturated rings. The number of carbonyl (C=O) groups excluding carboxylic acids is 1. The molecule has 3 aromatic rings. The van der Waals surface area contributed by atoms with E-state index in [1.807, 2.05) is 32.0 Å². The van der Waals surface area contributed by atoms with Gasteiger partial charge < -0.3 is 5.32 Å². The molecule has 3 rings (SSSR count). The number of sulfonamides is 1. The van der Waals surface area contributed by atoms with Gasteiger partial charge in [0.05, 0.1) is 10.6 Å². The molecule has 2 N–H and O–H groups in total. The number of benzene rings is 3. The Morgan fingerprint density at radius 2 is 1.52 bits per heavy atom. The molecular weight excluding hydrogens is 408 g/mol. The van der Waals surface area contributed by atoms with Crippen molar-refractivity contribution in [3.05, 3.63) is 87.9 Å². The lowest BCUT2D eigenvalue weighted by atomic mass is 10.1. The van der Waals surface area contributed by atoms with Crippen molar-refractivity contribution < 1.29 is 13.2 Å². The van der Waals surface area contributed by atoms with Gasteiger partial charge >= 0.3 is 0 Å². The summed E-state index contributed by atoms with van der Waals surface area (Å²) >= 11 is 5.82. The summed E-state index contributed by atoms with van der Waals surface area (Å²) in [5.74, 6) is -0.261. The van der Waals surface area contributed by atoms with Crippen LogP contribution in [0.1, 0.15) is 27.0 Å². The summed E-state index contributed by atoms with van der Waals surface area (Å²) in [5, 5.41) is 3.32. The molecule has 0 radical (unpaired) electrons. The van der Waals surface area contributed by atoms with Crippen molar-refractivity contribution in [1.82, 2.24) is 0 Å². The molecular formula is C22H21ClN2O3S. The zero-order valence-corrected chi connectivity index (χ0v) is 17.9. The van der Waals surface area contributed by atoms with Gasteiger partial charge in [0.1, 0.15) is 0 Å². The smallest absolute Gasteiger partial charge is 0.261 e. The molecule has 29 heavy (non-hydrogen) atoms. The molecule has 3 aromatic carbocycles. The average Bonchev–Trinajstić information content (AvgIpc) is 2.66. The highest BCUT2D eigenvalue weighted by Crippen LogP contribution is 2.23. The second-order valence-corrected chi connectivity index (χ2v) is 8.96. The first-order valence-electron chi connectivity index (χ1n) is 8.93. The number of hydrogen-bond donors (Lipinski definition) is 2. The Morgan fingerprint density at radius 3 is 2.14 bits per heavy atom. The van der Waals surface area contributed by atoms with Crippen LogP contribution in [0.15, 0.2) is 65.6 Å². The Morgan fingerprint density at radius 1 is 0.828 bits per heavy atom. The third-order valence-electron chi connectivity index (χ3n) is 4.62. The third-order valence-corrected chi connectivity index (χ3v) is 6.26. The number of aryl methyl sites for hydroxylation is 3. The zero-order chi connectivity index (χ0) is 21.2. The molecule has 0 aromatic heterocycles. The molecule has 0 heterocycles. The fraction of sp³-hybridized carbons (Fsp3) is 0.136. The molecule has 0 saturated carbocycles. The second kappa shape index (κ2) is 8.27. The molecule has 0 unspecified atom stereocenters. The topological polar surface area (TPSA) is 75.3 Å². The van der Waals surface area contributed by atoms with E-state index in [0.717, 1.165) is 11.1 Å². The monoisotopic (exact) mass is 428 g/mol. The lowest BCUT2D eigenvalue weighted by Crippen LogP contribution is -2.15. The molecule has 0 saturated heterocycles. The Hall–Kier alpha value is -2.83. The van der Waals surface area contributed by atoms with Crippen molar-refractivity contribution in [1.29, 1.82) is 0 Å². The van der Waals surface area contributed by atoms with Crippen molar-refractivity contribution in [3.63, 3.8) is 0 Å². The number of hydrogen-bond acceptors (Lipinski definition) is 3. The predicted octanol–water partition coefficient (Wildman–Crippen LogP) is 5.32. The van der Waals surface area contributed by atoms with Crippen molar-refractivity contribution >= 4 is 38.9 Å². The van der Waals surface area contributed by atoms with Gasteiger partial charge in [-0.25, -0.2) is 8.42 Å². The fourth-order valence-corrected chi connectivity index (χ4v) is 4.02. The van der Waals surface area contributed by atoms with Crippen LogP contribution in [0, 0.1) is 20.8 Å². The highest BCUT2D eigenvalue weighted by atomic mass is 35.5. The minimum absolute atomic E-state index is 0.109. The third kappa shape index (κ3) is 4.96. The first-order chi connectivity index (χ1) is 13.7. The second-order valence-electron chi connectivity index (χ2n) is 6.84. The van der Waals surface area contributed by atoms with E-state index in [1.165, 1.54) is 24.3 Å². The molecule has 0 aliphatic rings. The molecule has 0 aliphatic carbocycles. The van der Waals surface area contributed by atoms with E-state index in [0.29, 0.717) is 27.5 Å². The van der Waals surface area contributed by atoms with E-state index < -0.39 is 10.0 Å². The Bertz CT molecular complexity index is 1170. The molecule has 0 spiro atoms. The average molecular weight is 429 g/mol. The summed E-state index contributed by atoms with van der Waals surface area (Å²) in [4.78, 5) is 12.7. The van der Waals surface area contributed by atoms with E-state index in [9.17, 15) is 13.2 Å². The minimum atomic E-state index is -3.75. The molecule has 150 valence electrons. The van der Waals surface area contributed by atoms with Crippen LogP contribution < -0.4 is 10.0 Å². The van der Waals surface area contributed by atoms with Crippen LogP contribution in [0.4, 0.5) is 11.4 Å². The Kier molecular flexibility index (Phi) is 5.96. The lowest BCUT2D eigenvalue weighted by Gasteiger charge is -2.13. The SMILES string of the molecule is Cc1ccc(NC(=O)c2ccc(NS(=O)(=O)c3ccc(Cl)cc3)c(C)c2)cc1C. The molecule has 5 nitrogen and oxygen atoms in total. The number of halogens is 1. The van der Waals surface area contributed by atoms with Crippen LogP contribution in [0.3, 0.4) is 0 Å². The van der Waals surface area contributed by atoms with Gasteiger partial charge in [0, 0.05) is 16.3 Å². The van der Waals surface area contributed by atoms with Crippen molar-refractivity contribution in [2.24, 2.45) is 0 Å². The number of amides is 1. The van der Waals surface area contributed by atoms with Gasteiger partial charge in [-0.15, -0.1) is 0 Å². The normalized spacial score (nSPS) is 11.2. The maximum atomic E-state index is 12.6. The van der Waals surface area contributed by atoms with E-state index in [1.54, 1.807) is 25.1 Å². The number of anilines is 2. The number of carbonyl (C=O) groups is 1. The number of rotatable bonds is 5. The van der Waals surface area contributed by atoms with Crippen molar-refractivity contribution in [3.8, 4) is 0 Å². The summed E-state index contributed by atoms with van der Waals surface area (Å²) in [7, 11) is -3.75. The molecule has 0 atom stereocenters. The van der Waals surface area contributed by atoms with E-state index in [4.69, 9.17) is 11.6 Å². The van der Waals surface area contributed by atoms with Crippen molar-refractivity contribution in [2.75, 3.05) is 10.0 Å². The van der Waals surface area contributed by atoms with Crippen LogP contribution >= 0.6 is 11.6 Å². The number of nitrogens with one attached hydrogen (secondary N) is 2. The van der Waals surface area contributed by atoms with Crippen LogP contribution in [-0.2, 0) is 10.0 Å². The van der Waals surface area contributed by atoms with Crippen LogP contribution in [0.5, 0.6) is 0 Å². The van der Waals surface area contributed by atoms with E-state index in [2.05, 4.69) is 10.0 Å². The largest absolute Gasteiger partial charge is 0.322 e. The Balaban J connectivity index is 1.78. The van der Waals surface area contributed by atoms with Crippen LogP contribution in [-0.4, -0.2) is 14.3 Å². The van der Waals surface area contributed by atoms with Gasteiger partial charge in [0.15, 0.2) is 0 Å². The predicted molar refractivity (Wildman–Crippen MR) is 117 cm³/mol. The summed E-state index contributed by atoms with van der Waals surface area (Å²) in [6.45, 7) is 5.73. The lowest BCUT2D eigenvalue weighted by molar-refractivity contribution is 0.102. The fourth-order valence-electron chi connectivity index (χ4n) is 2.76. The van der Waals surface area contributed by atoms with Gasteiger partial charge in [0.2, 0.25) is 0 Å². The summed E-state index contributed by atoms with van der Waals surface area (Å²) in [6.07, 6.45) is 0. The van der Waals surface area contributed by atoms with Gasteiger partial charge in [-0.1, -0.05) is 17.7 Å². The van der Waals surface area contributed by atoms with E-state index >= 15 is 0 Å². The highest BCUT2D eigenvalue weighted by Gasteiger charge is 2.16. The van der Waals surface area contributed by atoms with Crippen molar-refractivity contribution in [2.45, 2.75) is 25.7 Å². The van der Waals surface area contributed by atoms with Gasteiger partial charge in [0.25, 0.3) is 15.9 Å². The maximum absolute atomic E-state index is 12.6. The standard InChI is InChI=1S/C22H21ClN2O3S/c1-14-4-8-19(13-15(14)2)24-22(26)17-5-11-21(16(3)12-17)25-29(27,28)20-9-6-18(23)7-10-20/h4-13,25H,1-3H3,(H,24,26). The quantitative estimate of drug-likeness (QED) is 0.577. The minimum Gasteiger partial charge on any atom is -0.322 e. The van der Waals surface area contributed by atoms with Gasteiger partial charge in [-0.2, -0.15) is 0 Å². The Labute approximate surface area is 175 Å². The van der Waals surface area contributed by atoms with E-state index in [-0.39, 0.29) is 10.8 Å².